The fourth-order valence-corrected chi connectivity index (χ4v) is 3.58. The Hall–Kier alpha value is -2.67. The number of anilines is 2. The highest BCUT2D eigenvalue weighted by Crippen LogP contribution is 2.22. The van der Waals surface area contributed by atoms with Gasteiger partial charge in [0.25, 0.3) is 0 Å². The van der Waals surface area contributed by atoms with Gasteiger partial charge in [-0.15, -0.1) is 10.2 Å². The number of aromatic nitrogens is 2. The van der Waals surface area contributed by atoms with E-state index in [-0.39, 0.29) is 11.8 Å². The molecule has 7 heteroatoms. The molecular formula is C22H32N6O. The van der Waals surface area contributed by atoms with Crippen LogP contribution in [0.5, 0.6) is 0 Å². The Balaban J connectivity index is 1.37. The number of rotatable bonds is 8. The summed E-state index contributed by atoms with van der Waals surface area (Å²) in [5.74, 6) is 1.99. The summed E-state index contributed by atoms with van der Waals surface area (Å²) < 4.78 is 0. The van der Waals surface area contributed by atoms with Crippen molar-refractivity contribution in [3.05, 3.63) is 48.0 Å². The van der Waals surface area contributed by atoms with Gasteiger partial charge in [0.15, 0.2) is 11.6 Å². The second kappa shape index (κ2) is 10.2. The van der Waals surface area contributed by atoms with Crippen molar-refractivity contribution < 1.29 is 4.79 Å². The molecule has 0 saturated carbocycles. The van der Waals surface area contributed by atoms with Gasteiger partial charge in [0, 0.05) is 52.7 Å². The molecule has 1 aromatic carbocycles. The molecule has 0 radical (unpaired) electrons. The first-order chi connectivity index (χ1) is 14.0. The van der Waals surface area contributed by atoms with Gasteiger partial charge in [-0.05, 0) is 37.6 Å². The largest absolute Gasteiger partial charge is 0.361 e. The molecule has 1 aliphatic heterocycles. The van der Waals surface area contributed by atoms with Crippen LogP contribution in [0.15, 0.2) is 42.5 Å². The van der Waals surface area contributed by atoms with E-state index < -0.39 is 0 Å². The van der Waals surface area contributed by atoms with Crippen LogP contribution in [0, 0.1) is 5.92 Å². The van der Waals surface area contributed by atoms with Gasteiger partial charge < -0.3 is 20.0 Å². The highest BCUT2D eigenvalue weighted by atomic mass is 16.1. The third-order valence-electron chi connectivity index (χ3n) is 5.37. The van der Waals surface area contributed by atoms with Crippen molar-refractivity contribution in [2.75, 3.05) is 57.1 Å². The van der Waals surface area contributed by atoms with E-state index in [1.807, 2.05) is 37.2 Å². The number of amides is 1. The number of nitrogens with one attached hydrogen (secondary N) is 1. The molecule has 1 aliphatic rings. The zero-order chi connectivity index (χ0) is 20.6. The smallest absolute Gasteiger partial charge is 0.223 e. The van der Waals surface area contributed by atoms with Crippen LogP contribution in [-0.4, -0.2) is 68.3 Å². The van der Waals surface area contributed by atoms with Crippen molar-refractivity contribution in [2.24, 2.45) is 5.92 Å². The maximum absolute atomic E-state index is 12.5. The van der Waals surface area contributed by atoms with Gasteiger partial charge in [-0.1, -0.05) is 30.3 Å². The molecule has 156 valence electrons. The number of hydrogen-bond donors (Lipinski definition) is 1. The Labute approximate surface area is 173 Å². The Morgan fingerprint density at radius 3 is 2.41 bits per heavy atom. The van der Waals surface area contributed by atoms with E-state index in [9.17, 15) is 4.79 Å². The number of benzene rings is 1. The first kappa shape index (κ1) is 21.0. The molecule has 0 atom stereocenters. The minimum atomic E-state index is 0.0830. The first-order valence-electron chi connectivity index (χ1n) is 10.3. The highest BCUT2D eigenvalue weighted by molar-refractivity contribution is 5.78. The van der Waals surface area contributed by atoms with Crippen LogP contribution in [0.4, 0.5) is 11.6 Å². The zero-order valence-electron chi connectivity index (χ0n) is 17.7. The van der Waals surface area contributed by atoms with E-state index in [2.05, 4.69) is 56.6 Å². The number of likely N-dealkylation sites (N-methyl/N-ethyl adjacent to an activating group) is 1. The van der Waals surface area contributed by atoms with E-state index >= 15 is 0 Å². The molecule has 1 aromatic heterocycles. The molecular weight excluding hydrogens is 364 g/mol. The predicted molar refractivity (Wildman–Crippen MR) is 117 cm³/mol. The number of carbonyl (C=O) groups is 1. The molecule has 1 amide bonds. The van der Waals surface area contributed by atoms with Crippen molar-refractivity contribution in [1.29, 1.82) is 0 Å². The minimum absolute atomic E-state index is 0.0830. The van der Waals surface area contributed by atoms with Crippen LogP contribution < -0.4 is 15.1 Å². The van der Waals surface area contributed by atoms with E-state index in [4.69, 9.17) is 0 Å². The van der Waals surface area contributed by atoms with E-state index in [0.29, 0.717) is 6.54 Å². The molecule has 2 heterocycles. The SMILES string of the molecule is CN(CCNC(=O)C1CCN(c2ccc(N(C)C)nn2)CC1)Cc1ccccc1. The maximum Gasteiger partial charge on any atom is 0.223 e. The fourth-order valence-electron chi connectivity index (χ4n) is 3.58. The quantitative estimate of drug-likeness (QED) is 0.736. The Morgan fingerprint density at radius 2 is 1.79 bits per heavy atom. The summed E-state index contributed by atoms with van der Waals surface area (Å²) >= 11 is 0. The second-order valence-corrected chi connectivity index (χ2v) is 7.92. The summed E-state index contributed by atoms with van der Waals surface area (Å²) in [6.07, 6.45) is 1.70. The van der Waals surface area contributed by atoms with Crippen LogP contribution in [0.1, 0.15) is 18.4 Å². The summed E-state index contributed by atoms with van der Waals surface area (Å²) in [6, 6.07) is 14.4. The fraction of sp³-hybridized carbons (Fsp3) is 0.500. The lowest BCUT2D eigenvalue weighted by molar-refractivity contribution is -0.125. The molecule has 2 aromatic rings. The Bertz CT molecular complexity index is 757. The van der Waals surface area contributed by atoms with Crippen molar-refractivity contribution in [3.63, 3.8) is 0 Å². The number of piperidine rings is 1. The van der Waals surface area contributed by atoms with Gasteiger partial charge in [0.1, 0.15) is 0 Å². The van der Waals surface area contributed by atoms with Crippen LogP contribution in [0.3, 0.4) is 0 Å². The number of hydrogen-bond acceptors (Lipinski definition) is 6. The molecule has 0 unspecified atom stereocenters. The van der Waals surface area contributed by atoms with Crippen molar-refractivity contribution in [3.8, 4) is 0 Å². The van der Waals surface area contributed by atoms with Gasteiger partial charge in [-0.2, -0.15) is 0 Å². The summed E-state index contributed by atoms with van der Waals surface area (Å²) in [4.78, 5) is 18.9. The maximum atomic E-state index is 12.5. The molecule has 29 heavy (non-hydrogen) atoms. The lowest BCUT2D eigenvalue weighted by Gasteiger charge is -2.32. The van der Waals surface area contributed by atoms with Gasteiger partial charge >= 0.3 is 0 Å². The molecule has 0 aliphatic carbocycles. The average Bonchev–Trinajstić information content (AvgIpc) is 2.74. The van der Waals surface area contributed by atoms with Gasteiger partial charge in [-0.25, -0.2) is 0 Å². The van der Waals surface area contributed by atoms with Crippen molar-refractivity contribution >= 4 is 17.5 Å². The van der Waals surface area contributed by atoms with E-state index in [1.54, 1.807) is 0 Å². The molecule has 0 bridgehead atoms. The van der Waals surface area contributed by atoms with Gasteiger partial charge in [0.2, 0.25) is 5.91 Å². The molecule has 1 N–H and O–H groups in total. The lowest BCUT2D eigenvalue weighted by atomic mass is 9.96. The molecule has 0 spiro atoms. The van der Waals surface area contributed by atoms with Crippen LogP contribution in [0.25, 0.3) is 0 Å². The Kier molecular flexibility index (Phi) is 7.41. The number of nitrogens with zero attached hydrogens (tertiary/aromatic N) is 5. The predicted octanol–water partition coefficient (Wildman–Crippen LogP) is 2.01. The monoisotopic (exact) mass is 396 g/mol. The van der Waals surface area contributed by atoms with E-state index in [1.165, 1.54) is 5.56 Å². The third kappa shape index (κ3) is 6.15. The first-order valence-corrected chi connectivity index (χ1v) is 10.3. The molecule has 1 fully saturated rings. The second-order valence-electron chi connectivity index (χ2n) is 7.92. The molecule has 1 saturated heterocycles. The summed E-state index contributed by atoms with van der Waals surface area (Å²) in [7, 11) is 5.99. The summed E-state index contributed by atoms with van der Waals surface area (Å²) in [6.45, 7) is 4.08. The Morgan fingerprint density at radius 1 is 1.07 bits per heavy atom. The lowest BCUT2D eigenvalue weighted by Crippen LogP contribution is -2.42. The van der Waals surface area contributed by atoms with Crippen molar-refractivity contribution in [2.45, 2.75) is 19.4 Å². The van der Waals surface area contributed by atoms with E-state index in [0.717, 1.165) is 50.7 Å². The zero-order valence-corrected chi connectivity index (χ0v) is 17.7. The van der Waals surface area contributed by atoms with Gasteiger partial charge in [0.05, 0.1) is 0 Å². The normalized spacial score (nSPS) is 14.8. The van der Waals surface area contributed by atoms with Crippen LogP contribution in [-0.2, 0) is 11.3 Å². The van der Waals surface area contributed by atoms with Gasteiger partial charge in [-0.3, -0.25) is 4.79 Å². The molecule has 3 rings (SSSR count). The van der Waals surface area contributed by atoms with Crippen molar-refractivity contribution in [1.82, 2.24) is 20.4 Å². The highest BCUT2D eigenvalue weighted by Gasteiger charge is 2.25. The topological polar surface area (TPSA) is 64.6 Å². The minimum Gasteiger partial charge on any atom is -0.361 e. The third-order valence-corrected chi connectivity index (χ3v) is 5.37. The average molecular weight is 397 g/mol. The standard InChI is InChI=1S/C22H32N6O/c1-26(2)20-9-10-21(25-24-20)28-14-11-19(12-15-28)22(29)23-13-16-27(3)17-18-7-5-4-6-8-18/h4-10,19H,11-17H2,1-3H3,(H,23,29). The summed E-state index contributed by atoms with van der Waals surface area (Å²) in [5, 5.41) is 11.7. The van der Waals surface area contributed by atoms with Crippen LogP contribution in [0.2, 0.25) is 0 Å². The molecule has 7 nitrogen and oxygen atoms in total. The van der Waals surface area contributed by atoms with Crippen LogP contribution >= 0.6 is 0 Å². The number of carbonyl (C=O) groups excluding carboxylic acids is 1. The summed E-state index contributed by atoms with van der Waals surface area (Å²) in [5.41, 5.74) is 1.29.